The van der Waals surface area contributed by atoms with Crippen molar-refractivity contribution in [2.24, 2.45) is 0 Å². The van der Waals surface area contributed by atoms with Gasteiger partial charge in [-0.3, -0.25) is 4.79 Å². The summed E-state index contributed by atoms with van der Waals surface area (Å²) in [5.41, 5.74) is 0.506. The molecule has 0 fully saturated rings. The molecular formula is C18H19ClN2O3S. The molecule has 0 saturated heterocycles. The molecule has 132 valence electrons. The first-order chi connectivity index (χ1) is 12.0. The van der Waals surface area contributed by atoms with E-state index in [1.165, 1.54) is 18.4 Å². The summed E-state index contributed by atoms with van der Waals surface area (Å²) < 4.78 is 11.6. The van der Waals surface area contributed by atoms with Crippen LogP contribution in [-0.4, -0.2) is 19.6 Å². The van der Waals surface area contributed by atoms with Gasteiger partial charge in [0.05, 0.1) is 35.7 Å². The number of methoxy groups -OCH3 is 1. The van der Waals surface area contributed by atoms with E-state index in [2.05, 4.69) is 5.32 Å². The number of nitriles is 1. The Kier molecular flexibility index (Phi) is 7.11. The van der Waals surface area contributed by atoms with E-state index in [1.807, 2.05) is 25.1 Å². The summed E-state index contributed by atoms with van der Waals surface area (Å²) in [5, 5.41) is 11.8. The van der Waals surface area contributed by atoms with Gasteiger partial charge in [0.2, 0.25) is 5.91 Å². The minimum atomic E-state index is -0.0652. The highest BCUT2D eigenvalue weighted by molar-refractivity contribution is 7.16. The lowest BCUT2D eigenvalue weighted by Crippen LogP contribution is -2.26. The summed E-state index contributed by atoms with van der Waals surface area (Å²) in [6.45, 7) is 2.31. The molecule has 1 aromatic carbocycles. The van der Waals surface area contributed by atoms with E-state index in [1.54, 1.807) is 18.2 Å². The molecule has 2 rings (SSSR count). The summed E-state index contributed by atoms with van der Waals surface area (Å²) in [6.07, 6.45) is 0.939. The Morgan fingerprint density at radius 1 is 1.36 bits per heavy atom. The minimum Gasteiger partial charge on any atom is -0.493 e. The number of ether oxygens (including phenoxy) is 2. The lowest BCUT2D eigenvalue weighted by Gasteiger charge is -2.13. The summed E-state index contributed by atoms with van der Waals surface area (Å²) in [6, 6.07) is 10.7. The maximum atomic E-state index is 12.0. The van der Waals surface area contributed by atoms with Crippen LogP contribution in [0.1, 0.15) is 36.2 Å². The smallest absolute Gasteiger partial charge is 0.220 e. The van der Waals surface area contributed by atoms with Gasteiger partial charge in [-0.1, -0.05) is 11.6 Å². The first-order valence-corrected chi connectivity index (χ1v) is 8.98. The predicted octanol–water partition coefficient (Wildman–Crippen LogP) is 4.32. The average Bonchev–Trinajstić information content (AvgIpc) is 3.05. The number of amides is 1. The molecular weight excluding hydrogens is 360 g/mol. The minimum absolute atomic E-state index is 0.0348. The number of carbonyl (C=O) groups is 1. The molecule has 0 spiro atoms. The van der Waals surface area contributed by atoms with Gasteiger partial charge in [0.15, 0.2) is 11.5 Å². The van der Waals surface area contributed by atoms with Crippen LogP contribution in [0.3, 0.4) is 0 Å². The molecule has 0 radical (unpaired) electrons. The fourth-order valence-corrected chi connectivity index (χ4v) is 3.28. The van der Waals surface area contributed by atoms with Crippen LogP contribution in [0.2, 0.25) is 4.34 Å². The van der Waals surface area contributed by atoms with Crippen LogP contribution in [-0.2, 0) is 4.79 Å². The third kappa shape index (κ3) is 5.66. The van der Waals surface area contributed by atoms with Gasteiger partial charge in [-0.2, -0.15) is 5.26 Å². The van der Waals surface area contributed by atoms with Crippen molar-refractivity contribution in [3.8, 4) is 17.6 Å². The molecule has 1 heterocycles. The van der Waals surface area contributed by atoms with Crippen molar-refractivity contribution in [2.45, 2.75) is 25.8 Å². The van der Waals surface area contributed by atoms with Crippen LogP contribution >= 0.6 is 22.9 Å². The number of hydrogen-bond donors (Lipinski definition) is 1. The summed E-state index contributed by atoms with van der Waals surface area (Å²) in [4.78, 5) is 13.0. The zero-order chi connectivity index (χ0) is 18.2. The second-order valence-corrected chi connectivity index (χ2v) is 7.11. The zero-order valence-electron chi connectivity index (χ0n) is 14.0. The van der Waals surface area contributed by atoms with Crippen molar-refractivity contribution in [3.05, 3.63) is 45.1 Å². The fourth-order valence-electron chi connectivity index (χ4n) is 2.22. The number of benzene rings is 1. The molecule has 7 heteroatoms. The standard InChI is InChI=1S/C18H19ClN2O3S/c1-12(16-7-8-17(19)25-16)21-18(22)4-3-9-24-14-6-5-13(11-20)10-15(14)23-2/h5-8,10,12H,3-4,9H2,1-2H3,(H,21,22). The average molecular weight is 379 g/mol. The molecule has 0 aliphatic rings. The van der Waals surface area contributed by atoms with Crippen LogP contribution in [0, 0.1) is 11.3 Å². The van der Waals surface area contributed by atoms with Gasteiger partial charge in [0.1, 0.15) is 0 Å². The van der Waals surface area contributed by atoms with Gasteiger partial charge in [-0.25, -0.2) is 0 Å². The Balaban J connectivity index is 1.75. The number of nitrogens with zero attached hydrogens (tertiary/aromatic N) is 1. The molecule has 0 saturated carbocycles. The number of halogens is 1. The Hall–Kier alpha value is -2.23. The van der Waals surface area contributed by atoms with Crippen molar-refractivity contribution in [2.75, 3.05) is 13.7 Å². The van der Waals surface area contributed by atoms with Gasteiger partial charge in [0.25, 0.3) is 0 Å². The van der Waals surface area contributed by atoms with Crippen molar-refractivity contribution >= 4 is 28.8 Å². The SMILES string of the molecule is COc1cc(C#N)ccc1OCCCC(=O)NC(C)c1ccc(Cl)s1. The number of carbonyl (C=O) groups excluding carboxylic acids is 1. The number of rotatable bonds is 8. The van der Waals surface area contributed by atoms with Gasteiger partial charge >= 0.3 is 0 Å². The molecule has 0 aliphatic carbocycles. The van der Waals surface area contributed by atoms with Crippen LogP contribution < -0.4 is 14.8 Å². The number of hydrogen-bond acceptors (Lipinski definition) is 5. The molecule has 0 bridgehead atoms. The fraction of sp³-hybridized carbons (Fsp3) is 0.333. The summed E-state index contributed by atoms with van der Waals surface area (Å²) in [7, 11) is 1.52. The number of nitrogens with one attached hydrogen (secondary N) is 1. The van der Waals surface area contributed by atoms with E-state index in [0.717, 1.165) is 4.88 Å². The van der Waals surface area contributed by atoms with E-state index in [9.17, 15) is 4.79 Å². The monoisotopic (exact) mass is 378 g/mol. The Morgan fingerprint density at radius 3 is 2.80 bits per heavy atom. The molecule has 1 N–H and O–H groups in total. The van der Waals surface area contributed by atoms with E-state index in [0.29, 0.717) is 40.8 Å². The lowest BCUT2D eigenvalue weighted by atomic mass is 10.2. The molecule has 1 aromatic heterocycles. The van der Waals surface area contributed by atoms with Gasteiger partial charge < -0.3 is 14.8 Å². The van der Waals surface area contributed by atoms with Crippen LogP contribution in [0.5, 0.6) is 11.5 Å². The maximum Gasteiger partial charge on any atom is 0.220 e. The van der Waals surface area contributed by atoms with E-state index >= 15 is 0 Å². The van der Waals surface area contributed by atoms with Crippen molar-refractivity contribution in [1.29, 1.82) is 5.26 Å². The maximum absolute atomic E-state index is 12.0. The molecule has 2 aromatic rings. The molecule has 0 aliphatic heterocycles. The van der Waals surface area contributed by atoms with Gasteiger partial charge in [-0.15, -0.1) is 11.3 Å². The van der Waals surface area contributed by atoms with Gasteiger partial charge in [0, 0.05) is 17.4 Å². The van der Waals surface area contributed by atoms with Crippen molar-refractivity contribution in [3.63, 3.8) is 0 Å². The van der Waals surface area contributed by atoms with Gasteiger partial charge in [-0.05, 0) is 37.6 Å². The van der Waals surface area contributed by atoms with Crippen LogP contribution in [0.25, 0.3) is 0 Å². The molecule has 1 unspecified atom stereocenters. The highest BCUT2D eigenvalue weighted by Gasteiger charge is 2.12. The Morgan fingerprint density at radius 2 is 2.16 bits per heavy atom. The van der Waals surface area contributed by atoms with Crippen LogP contribution in [0.15, 0.2) is 30.3 Å². The quantitative estimate of drug-likeness (QED) is 0.694. The molecule has 1 amide bonds. The Labute approximate surface area is 156 Å². The first kappa shape index (κ1) is 19.1. The highest BCUT2D eigenvalue weighted by Crippen LogP contribution is 2.28. The normalized spacial score (nSPS) is 11.4. The third-order valence-electron chi connectivity index (χ3n) is 3.50. The Bertz CT molecular complexity index is 770. The largest absolute Gasteiger partial charge is 0.493 e. The molecule has 1 atom stereocenters. The van der Waals surface area contributed by atoms with Crippen molar-refractivity contribution < 1.29 is 14.3 Å². The van der Waals surface area contributed by atoms with E-state index in [4.69, 9.17) is 26.3 Å². The van der Waals surface area contributed by atoms with Crippen LogP contribution in [0.4, 0.5) is 0 Å². The first-order valence-electron chi connectivity index (χ1n) is 7.79. The van der Waals surface area contributed by atoms with E-state index < -0.39 is 0 Å². The highest BCUT2D eigenvalue weighted by atomic mass is 35.5. The topological polar surface area (TPSA) is 71.3 Å². The van der Waals surface area contributed by atoms with Crippen molar-refractivity contribution in [1.82, 2.24) is 5.32 Å². The summed E-state index contributed by atoms with van der Waals surface area (Å²) >= 11 is 7.37. The second-order valence-electron chi connectivity index (χ2n) is 5.36. The third-order valence-corrected chi connectivity index (χ3v) is 4.91. The second kappa shape index (κ2) is 9.30. The zero-order valence-corrected chi connectivity index (χ0v) is 15.6. The molecule has 25 heavy (non-hydrogen) atoms. The van der Waals surface area contributed by atoms with E-state index in [-0.39, 0.29) is 11.9 Å². The molecule has 5 nitrogen and oxygen atoms in total. The lowest BCUT2D eigenvalue weighted by molar-refractivity contribution is -0.121. The number of thiophene rings is 1. The summed E-state index contributed by atoms with van der Waals surface area (Å²) in [5.74, 6) is 1.03. The predicted molar refractivity (Wildman–Crippen MR) is 98.3 cm³/mol.